The van der Waals surface area contributed by atoms with Crippen molar-refractivity contribution in [2.45, 2.75) is 31.2 Å². The Bertz CT molecular complexity index is 1260. The number of hydrogen-bond donors (Lipinski definition) is 1. The van der Waals surface area contributed by atoms with E-state index in [1.807, 2.05) is 48.5 Å². The van der Waals surface area contributed by atoms with E-state index in [-0.39, 0.29) is 28.2 Å². The third kappa shape index (κ3) is 5.38. The fraction of sp³-hybridized carbons (Fsp3) is 0.240. The van der Waals surface area contributed by atoms with Crippen molar-refractivity contribution in [1.82, 2.24) is 4.31 Å². The molecule has 0 saturated heterocycles. The Hall–Kier alpha value is -2.87. The molecule has 33 heavy (non-hydrogen) atoms. The number of ether oxygens (including phenoxy) is 1. The lowest BCUT2D eigenvalue weighted by Gasteiger charge is -2.28. The molecule has 8 heteroatoms. The summed E-state index contributed by atoms with van der Waals surface area (Å²) in [5, 5.41) is 2.89. The first-order chi connectivity index (χ1) is 15.9. The van der Waals surface area contributed by atoms with Crippen LogP contribution in [0.2, 0.25) is 5.02 Å². The van der Waals surface area contributed by atoms with Gasteiger partial charge in [-0.15, -0.1) is 0 Å². The van der Waals surface area contributed by atoms with E-state index in [1.165, 1.54) is 33.6 Å². The zero-order valence-electron chi connectivity index (χ0n) is 18.3. The van der Waals surface area contributed by atoms with Gasteiger partial charge >= 0.3 is 0 Å². The smallest absolute Gasteiger partial charge is 0.262 e. The van der Waals surface area contributed by atoms with E-state index in [2.05, 4.69) is 12.2 Å². The van der Waals surface area contributed by atoms with Crippen molar-refractivity contribution in [3.05, 3.63) is 88.4 Å². The molecule has 1 N–H and O–H groups in total. The summed E-state index contributed by atoms with van der Waals surface area (Å²) < 4.78 is 33.3. The third-order valence-corrected chi connectivity index (χ3v) is 7.78. The summed E-state index contributed by atoms with van der Waals surface area (Å²) in [6, 6.07) is 19.7. The second-order valence-electron chi connectivity index (χ2n) is 7.84. The SMILES string of the molecule is CCc1ccc(NC(=O)COc2ccc(S(=O)(=O)N3CCc4ccccc4C3)cc2Cl)cc1. The van der Waals surface area contributed by atoms with Crippen molar-refractivity contribution in [2.24, 2.45) is 0 Å². The molecule has 0 bridgehead atoms. The number of nitrogens with zero attached hydrogens (tertiary/aromatic N) is 1. The van der Waals surface area contributed by atoms with Gasteiger partial charge in [-0.25, -0.2) is 8.42 Å². The van der Waals surface area contributed by atoms with Crippen molar-refractivity contribution in [1.29, 1.82) is 0 Å². The molecule has 0 unspecified atom stereocenters. The van der Waals surface area contributed by atoms with Crippen LogP contribution in [-0.4, -0.2) is 31.8 Å². The number of aryl methyl sites for hydroxylation is 1. The molecule has 0 aromatic heterocycles. The highest BCUT2D eigenvalue weighted by Crippen LogP contribution is 2.31. The van der Waals surface area contributed by atoms with Crippen molar-refractivity contribution in [3.63, 3.8) is 0 Å². The molecule has 4 rings (SSSR count). The number of anilines is 1. The lowest BCUT2D eigenvalue weighted by Crippen LogP contribution is -2.35. The number of fused-ring (bicyclic) bond motifs is 1. The van der Waals surface area contributed by atoms with Gasteiger partial charge in [0.2, 0.25) is 10.0 Å². The van der Waals surface area contributed by atoms with Crippen LogP contribution < -0.4 is 10.1 Å². The number of benzene rings is 3. The number of carbonyl (C=O) groups excluding carboxylic acids is 1. The van der Waals surface area contributed by atoms with Gasteiger partial charge in [-0.2, -0.15) is 4.31 Å². The molecule has 0 aliphatic carbocycles. The van der Waals surface area contributed by atoms with E-state index in [0.717, 1.165) is 12.0 Å². The van der Waals surface area contributed by atoms with Gasteiger partial charge in [0.05, 0.1) is 9.92 Å². The van der Waals surface area contributed by atoms with Crippen LogP contribution in [-0.2, 0) is 34.2 Å². The highest BCUT2D eigenvalue weighted by molar-refractivity contribution is 7.89. The summed E-state index contributed by atoms with van der Waals surface area (Å²) >= 11 is 6.29. The average Bonchev–Trinajstić information content (AvgIpc) is 2.83. The number of hydrogen-bond acceptors (Lipinski definition) is 4. The van der Waals surface area contributed by atoms with Crippen LogP contribution in [0.5, 0.6) is 5.75 Å². The second kappa shape index (κ2) is 9.95. The number of halogens is 1. The number of rotatable bonds is 7. The van der Waals surface area contributed by atoms with Crippen molar-refractivity contribution < 1.29 is 17.9 Å². The Morgan fingerprint density at radius 2 is 1.79 bits per heavy atom. The van der Waals surface area contributed by atoms with Crippen molar-refractivity contribution >= 4 is 33.2 Å². The molecular weight excluding hydrogens is 460 g/mol. The maximum atomic E-state index is 13.1. The summed E-state index contributed by atoms with van der Waals surface area (Å²) in [6.07, 6.45) is 1.59. The van der Waals surface area contributed by atoms with E-state index in [9.17, 15) is 13.2 Å². The Morgan fingerprint density at radius 1 is 1.06 bits per heavy atom. The first-order valence-corrected chi connectivity index (χ1v) is 12.6. The Labute approximate surface area is 199 Å². The topological polar surface area (TPSA) is 75.7 Å². The molecule has 1 aliphatic heterocycles. The quantitative estimate of drug-likeness (QED) is 0.529. The van der Waals surface area contributed by atoms with Crippen LogP contribution in [0.4, 0.5) is 5.69 Å². The fourth-order valence-electron chi connectivity index (χ4n) is 3.75. The Morgan fingerprint density at radius 3 is 2.48 bits per heavy atom. The molecule has 0 fully saturated rings. The number of nitrogens with one attached hydrogen (secondary N) is 1. The normalized spacial score (nSPS) is 13.9. The lowest BCUT2D eigenvalue weighted by molar-refractivity contribution is -0.118. The zero-order chi connectivity index (χ0) is 23.4. The minimum Gasteiger partial charge on any atom is -0.482 e. The highest BCUT2D eigenvalue weighted by Gasteiger charge is 2.28. The van der Waals surface area contributed by atoms with Gasteiger partial charge in [-0.05, 0) is 59.9 Å². The standard InChI is InChI=1S/C25H25ClN2O4S/c1-2-18-7-9-21(10-8-18)27-25(29)17-32-24-12-11-22(15-23(24)26)33(30,31)28-14-13-19-5-3-4-6-20(19)16-28/h3-12,15H,2,13-14,16-17H2,1H3,(H,27,29). The molecule has 6 nitrogen and oxygen atoms in total. The van der Waals surface area contributed by atoms with Gasteiger partial charge in [-0.3, -0.25) is 4.79 Å². The molecule has 0 radical (unpaired) electrons. The van der Waals surface area contributed by atoms with Crippen LogP contribution in [0.3, 0.4) is 0 Å². The Kier molecular flexibility index (Phi) is 7.02. The van der Waals surface area contributed by atoms with Crippen molar-refractivity contribution in [2.75, 3.05) is 18.5 Å². The summed E-state index contributed by atoms with van der Waals surface area (Å²) in [4.78, 5) is 12.3. The first-order valence-electron chi connectivity index (χ1n) is 10.7. The summed E-state index contributed by atoms with van der Waals surface area (Å²) in [6.45, 7) is 2.56. The Balaban J connectivity index is 1.39. The maximum absolute atomic E-state index is 13.1. The third-order valence-electron chi connectivity index (χ3n) is 5.64. The van der Waals surface area contributed by atoms with E-state index in [0.29, 0.717) is 25.2 Å². The van der Waals surface area contributed by atoms with Crippen LogP contribution >= 0.6 is 11.6 Å². The minimum atomic E-state index is -3.71. The predicted molar refractivity (Wildman–Crippen MR) is 129 cm³/mol. The second-order valence-corrected chi connectivity index (χ2v) is 10.2. The van der Waals surface area contributed by atoms with Crippen LogP contribution in [0, 0.1) is 0 Å². The van der Waals surface area contributed by atoms with Crippen molar-refractivity contribution in [3.8, 4) is 5.75 Å². The van der Waals surface area contributed by atoms with Gasteiger partial charge in [0, 0.05) is 18.8 Å². The molecule has 3 aromatic carbocycles. The van der Waals surface area contributed by atoms with E-state index in [4.69, 9.17) is 16.3 Å². The molecule has 3 aromatic rings. The zero-order valence-corrected chi connectivity index (χ0v) is 19.8. The maximum Gasteiger partial charge on any atom is 0.262 e. The van der Waals surface area contributed by atoms with Gasteiger partial charge in [0.25, 0.3) is 5.91 Å². The summed E-state index contributed by atoms with van der Waals surface area (Å²) in [5.74, 6) is -0.0879. The largest absolute Gasteiger partial charge is 0.482 e. The predicted octanol–water partition coefficient (Wildman–Crippen LogP) is 4.67. The van der Waals surface area contributed by atoms with E-state index < -0.39 is 10.0 Å². The average molecular weight is 485 g/mol. The van der Waals surface area contributed by atoms with E-state index >= 15 is 0 Å². The lowest BCUT2D eigenvalue weighted by atomic mass is 10.0. The molecule has 0 spiro atoms. The summed E-state index contributed by atoms with van der Waals surface area (Å²) in [5.41, 5.74) is 4.04. The molecule has 1 heterocycles. The number of carbonyl (C=O) groups is 1. The minimum absolute atomic E-state index is 0.0969. The molecular formula is C25H25ClN2O4S. The van der Waals surface area contributed by atoms with Gasteiger partial charge < -0.3 is 10.1 Å². The number of amides is 1. The van der Waals surface area contributed by atoms with Gasteiger partial charge in [0.15, 0.2) is 6.61 Å². The summed E-state index contributed by atoms with van der Waals surface area (Å²) in [7, 11) is -3.71. The van der Waals surface area contributed by atoms with Crippen LogP contribution in [0.1, 0.15) is 23.6 Å². The van der Waals surface area contributed by atoms with Gasteiger partial charge in [0.1, 0.15) is 5.75 Å². The van der Waals surface area contributed by atoms with Crippen LogP contribution in [0.25, 0.3) is 0 Å². The molecule has 1 aliphatic rings. The highest BCUT2D eigenvalue weighted by atomic mass is 35.5. The molecule has 172 valence electrons. The molecule has 0 atom stereocenters. The molecule has 1 amide bonds. The fourth-order valence-corrected chi connectivity index (χ4v) is 5.49. The van der Waals surface area contributed by atoms with Crippen LogP contribution in [0.15, 0.2) is 71.6 Å². The molecule has 0 saturated carbocycles. The number of sulfonamides is 1. The van der Waals surface area contributed by atoms with E-state index in [1.54, 1.807) is 0 Å². The van der Waals surface area contributed by atoms with Gasteiger partial charge in [-0.1, -0.05) is 54.9 Å². The monoisotopic (exact) mass is 484 g/mol. The first kappa shape index (κ1) is 23.3.